The summed E-state index contributed by atoms with van der Waals surface area (Å²) in [4.78, 5) is 25.3. The number of fused-ring (bicyclic) bond motifs is 1. The number of nitrogens with one attached hydrogen (secondary N) is 1. The second-order valence-corrected chi connectivity index (χ2v) is 7.80. The Kier molecular flexibility index (Phi) is 6.09. The monoisotopic (exact) mass is 391 g/mol. The van der Waals surface area contributed by atoms with Gasteiger partial charge in [0.15, 0.2) is 6.04 Å². The van der Waals surface area contributed by atoms with Crippen molar-refractivity contribution in [2.75, 3.05) is 13.2 Å². The summed E-state index contributed by atoms with van der Waals surface area (Å²) in [7, 11) is -1.08. The van der Waals surface area contributed by atoms with E-state index in [0.29, 0.717) is 23.2 Å². The van der Waals surface area contributed by atoms with Gasteiger partial charge in [-0.05, 0) is 56.3 Å². The van der Waals surface area contributed by atoms with E-state index in [9.17, 15) is 19.7 Å². The molecule has 0 saturated carbocycles. The van der Waals surface area contributed by atoms with E-state index in [0.717, 1.165) is 18.4 Å². The molecule has 2 atom stereocenters. The lowest BCUT2D eigenvalue weighted by atomic mass is 9.75. The third-order valence-electron chi connectivity index (χ3n) is 5.15. The van der Waals surface area contributed by atoms with Crippen LogP contribution in [0.5, 0.6) is 0 Å². The fourth-order valence-corrected chi connectivity index (χ4v) is 3.52. The summed E-state index contributed by atoms with van der Waals surface area (Å²) < 4.78 is 15.9. The number of benzene rings is 1. The molecule has 3 N–H and O–H groups in total. The number of amides is 1. The van der Waals surface area contributed by atoms with Crippen molar-refractivity contribution in [3.05, 3.63) is 28.8 Å². The third kappa shape index (κ3) is 4.38. The van der Waals surface area contributed by atoms with Gasteiger partial charge in [0.2, 0.25) is 0 Å². The van der Waals surface area contributed by atoms with Gasteiger partial charge in [-0.3, -0.25) is 4.79 Å². The van der Waals surface area contributed by atoms with Crippen molar-refractivity contribution >= 4 is 24.5 Å². The molecular weight excluding hydrogens is 365 g/mol. The quantitative estimate of drug-likeness (QED) is 0.455. The Balaban J connectivity index is 1.73. The molecule has 0 unspecified atom stereocenters. The van der Waals surface area contributed by atoms with Crippen LogP contribution in [-0.2, 0) is 25.5 Å². The van der Waals surface area contributed by atoms with Crippen LogP contribution in [0.4, 0.5) is 0 Å². The van der Waals surface area contributed by atoms with E-state index in [2.05, 4.69) is 5.32 Å². The maximum Gasteiger partial charge on any atom is 0.492 e. The zero-order valence-corrected chi connectivity index (χ0v) is 16.4. The Bertz CT molecular complexity index is 755. The smallest absolute Gasteiger partial charge is 0.461 e. The minimum absolute atomic E-state index is 0.0860. The number of rotatable bonds is 6. The molecular formula is C19H26BNO7. The maximum atomic E-state index is 12.8. The van der Waals surface area contributed by atoms with Crippen molar-refractivity contribution in [3.63, 3.8) is 0 Å². The van der Waals surface area contributed by atoms with Gasteiger partial charge in [-0.1, -0.05) is 6.07 Å². The number of carbonyl (C=O) groups excluding carboxylic acids is 2. The molecule has 2 heterocycles. The molecule has 1 amide bonds. The van der Waals surface area contributed by atoms with Gasteiger partial charge in [-0.2, -0.15) is 0 Å². The standard InChI is InChI=1S/C19H26BNO7/c1-11-14(7-6-12-9-28-20(25)15(11)12)17(22)21-16(19(2,3)24)18(23)27-10-13-5-4-8-26-13/h6-7,13,16,24-25H,4-5,8-10H2,1-3H3,(H,21,22)/t13-,16-/m1/s1. The number of aliphatic hydroxyl groups is 1. The predicted octanol–water partition coefficient (Wildman–Crippen LogP) is -0.196. The van der Waals surface area contributed by atoms with Crippen LogP contribution in [-0.4, -0.2) is 60.1 Å². The number of hydrogen-bond acceptors (Lipinski definition) is 7. The Morgan fingerprint density at radius 1 is 1.43 bits per heavy atom. The second kappa shape index (κ2) is 8.20. The van der Waals surface area contributed by atoms with Gasteiger partial charge < -0.3 is 29.6 Å². The molecule has 152 valence electrons. The molecule has 1 aromatic rings. The molecule has 0 radical (unpaired) electrons. The highest BCUT2D eigenvalue weighted by molar-refractivity contribution is 6.62. The fraction of sp³-hybridized carbons (Fsp3) is 0.579. The summed E-state index contributed by atoms with van der Waals surface area (Å²) in [5, 5.41) is 22.9. The minimum atomic E-state index is -1.53. The number of ether oxygens (including phenoxy) is 2. The van der Waals surface area contributed by atoms with Gasteiger partial charge in [0.1, 0.15) is 6.61 Å². The molecule has 0 spiro atoms. The van der Waals surface area contributed by atoms with E-state index in [1.54, 1.807) is 19.1 Å². The van der Waals surface area contributed by atoms with Crippen molar-refractivity contribution in [1.82, 2.24) is 5.32 Å². The summed E-state index contributed by atoms with van der Waals surface area (Å²) in [6.07, 6.45) is 1.58. The third-order valence-corrected chi connectivity index (χ3v) is 5.15. The van der Waals surface area contributed by atoms with Crippen LogP contribution in [0.25, 0.3) is 0 Å². The SMILES string of the molecule is Cc1c(C(=O)N[C@H](C(=O)OC[C@H]2CCCO2)C(C)(C)O)ccc2c1B(O)OC2. The fourth-order valence-electron chi connectivity index (χ4n) is 3.52. The van der Waals surface area contributed by atoms with Crippen molar-refractivity contribution < 1.29 is 33.8 Å². The Hall–Kier alpha value is -1.94. The highest BCUT2D eigenvalue weighted by atomic mass is 16.6. The normalized spacial score (nSPS) is 20.0. The van der Waals surface area contributed by atoms with Crippen LogP contribution in [0.1, 0.15) is 48.2 Å². The summed E-state index contributed by atoms with van der Waals surface area (Å²) in [5.74, 6) is -1.26. The van der Waals surface area contributed by atoms with Crippen molar-refractivity contribution in [1.29, 1.82) is 0 Å². The summed E-state index contributed by atoms with van der Waals surface area (Å²) in [6, 6.07) is 2.07. The Labute approximate surface area is 164 Å². The zero-order chi connectivity index (χ0) is 20.5. The molecule has 8 nitrogen and oxygen atoms in total. The molecule has 3 rings (SSSR count). The van der Waals surface area contributed by atoms with Crippen LogP contribution in [0.2, 0.25) is 0 Å². The van der Waals surface area contributed by atoms with Crippen molar-refractivity contribution in [3.8, 4) is 0 Å². The van der Waals surface area contributed by atoms with Crippen LogP contribution >= 0.6 is 0 Å². The lowest BCUT2D eigenvalue weighted by molar-refractivity contribution is -0.155. The minimum Gasteiger partial charge on any atom is -0.461 e. The molecule has 28 heavy (non-hydrogen) atoms. The van der Waals surface area contributed by atoms with Gasteiger partial charge in [-0.25, -0.2) is 4.79 Å². The Morgan fingerprint density at radius 2 is 2.18 bits per heavy atom. The van der Waals surface area contributed by atoms with E-state index in [4.69, 9.17) is 14.1 Å². The van der Waals surface area contributed by atoms with E-state index < -0.39 is 30.6 Å². The molecule has 9 heteroatoms. The zero-order valence-electron chi connectivity index (χ0n) is 16.4. The lowest BCUT2D eigenvalue weighted by Crippen LogP contribution is -2.55. The van der Waals surface area contributed by atoms with Gasteiger partial charge in [0, 0.05) is 12.2 Å². The maximum absolute atomic E-state index is 12.8. The average molecular weight is 391 g/mol. The number of esters is 1. The first-order valence-electron chi connectivity index (χ1n) is 9.42. The molecule has 0 aromatic heterocycles. The largest absolute Gasteiger partial charge is 0.492 e. The topological polar surface area (TPSA) is 114 Å². The summed E-state index contributed by atoms with van der Waals surface area (Å²) in [6.45, 7) is 5.57. The molecule has 0 aliphatic carbocycles. The van der Waals surface area contributed by atoms with Crippen LogP contribution in [0.15, 0.2) is 12.1 Å². The van der Waals surface area contributed by atoms with Gasteiger partial charge in [0.25, 0.3) is 5.91 Å². The predicted molar refractivity (Wildman–Crippen MR) is 101 cm³/mol. The van der Waals surface area contributed by atoms with E-state index in [1.807, 2.05) is 0 Å². The van der Waals surface area contributed by atoms with Crippen LogP contribution < -0.4 is 10.8 Å². The average Bonchev–Trinajstić information content (AvgIpc) is 3.27. The molecule has 0 bridgehead atoms. The number of carbonyl (C=O) groups is 2. The number of hydrogen-bond donors (Lipinski definition) is 3. The lowest BCUT2D eigenvalue weighted by Gasteiger charge is -2.29. The first-order chi connectivity index (χ1) is 13.2. The van der Waals surface area contributed by atoms with Crippen LogP contribution in [0.3, 0.4) is 0 Å². The van der Waals surface area contributed by atoms with E-state index in [-0.39, 0.29) is 19.3 Å². The van der Waals surface area contributed by atoms with Crippen LogP contribution in [0, 0.1) is 6.92 Å². The molecule has 2 aliphatic rings. The molecule has 1 saturated heterocycles. The first-order valence-corrected chi connectivity index (χ1v) is 9.42. The second-order valence-electron chi connectivity index (χ2n) is 7.80. The Morgan fingerprint density at radius 3 is 2.82 bits per heavy atom. The first kappa shape index (κ1) is 20.8. The van der Waals surface area contributed by atoms with Gasteiger partial charge >= 0.3 is 13.1 Å². The molecule has 2 aliphatic heterocycles. The van der Waals surface area contributed by atoms with E-state index in [1.165, 1.54) is 13.8 Å². The van der Waals surface area contributed by atoms with Gasteiger partial charge in [0.05, 0.1) is 18.3 Å². The van der Waals surface area contributed by atoms with Crippen molar-refractivity contribution in [2.45, 2.75) is 58.0 Å². The molecule has 1 fully saturated rings. The van der Waals surface area contributed by atoms with E-state index >= 15 is 0 Å². The molecule has 1 aromatic carbocycles. The van der Waals surface area contributed by atoms with Gasteiger partial charge in [-0.15, -0.1) is 0 Å². The highest BCUT2D eigenvalue weighted by Gasteiger charge is 2.38. The van der Waals surface area contributed by atoms with Crippen molar-refractivity contribution in [2.24, 2.45) is 0 Å². The highest BCUT2D eigenvalue weighted by Crippen LogP contribution is 2.18. The summed E-state index contributed by atoms with van der Waals surface area (Å²) in [5.41, 5.74) is 0.716. The summed E-state index contributed by atoms with van der Waals surface area (Å²) >= 11 is 0.